The molecule has 1 saturated heterocycles. The lowest BCUT2D eigenvalue weighted by Gasteiger charge is -2.21. The van der Waals surface area contributed by atoms with Crippen molar-refractivity contribution in [3.8, 4) is 0 Å². The zero-order valence-electron chi connectivity index (χ0n) is 20.0. The molecule has 0 radical (unpaired) electrons. The summed E-state index contributed by atoms with van der Waals surface area (Å²) in [6, 6.07) is 17.7. The topological polar surface area (TPSA) is 59.0 Å². The van der Waals surface area contributed by atoms with E-state index in [1.807, 2.05) is 47.3 Å². The van der Waals surface area contributed by atoms with Gasteiger partial charge in [-0.25, -0.2) is 0 Å². The van der Waals surface area contributed by atoms with E-state index in [9.17, 15) is 4.79 Å². The van der Waals surface area contributed by atoms with Crippen LogP contribution in [0.25, 0.3) is 0 Å². The minimum atomic E-state index is -0.319. The molecule has 1 aliphatic heterocycles. The van der Waals surface area contributed by atoms with Gasteiger partial charge in [0.25, 0.3) is 0 Å². The first-order valence-corrected chi connectivity index (χ1v) is 12.0. The van der Waals surface area contributed by atoms with Crippen molar-refractivity contribution in [1.82, 2.24) is 15.1 Å². The summed E-state index contributed by atoms with van der Waals surface area (Å²) in [6.45, 7) is 10.7. The fourth-order valence-corrected chi connectivity index (χ4v) is 4.48. The molecule has 174 valence electrons. The van der Waals surface area contributed by atoms with Gasteiger partial charge in [0.2, 0.25) is 5.91 Å². The van der Waals surface area contributed by atoms with Crippen molar-refractivity contribution in [3.05, 3.63) is 82.6 Å². The highest BCUT2D eigenvalue weighted by molar-refractivity contribution is 6.30. The number of hydrogen-bond acceptors (Lipinski definition) is 3. The Bertz CT molecular complexity index is 1100. The number of hydrogen-bond donors (Lipinski definition) is 2. The third-order valence-corrected chi connectivity index (χ3v) is 6.59. The van der Waals surface area contributed by atoms with Crippen LogP contribution >= 0.6 is 11.6 Å². The number of carbonyl (C=O) groups is 1. The average molecular weight is 465 g/mol. The first kappa shape index (κ1) is 23.5. The highest BCUT2D eigenvalue weighted by Gasteiger charge is 2.40. The molecule has 33 heavy (non-hydrogen) atoms. The first-order valence-electron chi connectivity index (χ1n) is 11.6. The molecular formula is C27H33ClN4O. The summed E-state index contributed by atoms with van der Waals surface area (Å²) in [5.74, 6) is 0.512. The second kappa shape index (κ2) is 9.32. The van der Waals surface area contributed by atoms with Crippen LogP contribution in [0, 0.1) is 0 Å². The van der Waals surface area contributed by atoms with E-state index in [1.165, 1.54) is 5.56 Å². The molecule has 4 rings (SSSR count). The van der Waals surface area contributed by atoms with E-state index < -0.39 is 0 Å². The number of carbonyl (C=O) groups excluding carboxylic acids is 1. The number of benzene rings is 2. The summed E-state index contributed by atoms with van der Waals surface area (Å²) in [6.07, 6.45) is 2.70. The summed E-state index contributed by atoms with van der Waals surface area (Å²) in [7, 11) is 0. The van der Waals surface area contributed by atoms with Crippen LogP contribution in [0.1, 0.15) is 75.7 Å². The van der Waals surface area contributed by atoms with Crippen LogP contribution in [0.2, 0.25) is 5.02 Å². The Hall–Kier alpha value is -2.63. The molecule has 5 nitrogen and oxygen atoms in total. The predicted molar refractivity (Wildman–Crippen MR) is 135 cm³/mol. The molecular weight excluding hydrogens is 432 g/mol. The number of nitrogens with one attached hydrogen (secondary N) is 2. The lowest BCUT2D eigenvalue weighted by atomic mass is 9.90. The highest BCUT2D eigenvalue weighted by atomic mass is 35.5. The summed E-state index contributed by atoms with van der Waals surface area (Å²) in [5, 5.41) is 12.2. The third kappa shape index (κ3) is 5.31. The first-order chi connectivity index (χ1) is 15.6. The Labute approximate surface area is 201 Å². The summed E-state index contributed by atoms with van der Waals surface area (Å²) in [5.41, 5.74) is 4.07. The molecule has 0 spiro atoms. The fraction of sp³-hybridized carbons (Fsp3) is 0.407. The Kier molecular flexibility index (Phi) is 6.64. The molecule has 3 aromatic rings. The van der Waals surface area contributed by atoms with Crippen LogP contribution in [-0.4, -0.2) is 21.7 Å². The van der Waals surface area contributed by atoms with Crippen LogP contribution in [0.3, 0.4) is 0 Å². The maximum Gasteiger partial charge on any atom is 0.241 e. The van der Waals surface area contributed by atoms with Crippen LogP contribution in [0.4, 0.5) is 5.69 Å². The van der Waals surface area contributed by atoms with E-state index in [1.54, 1.807) is 0 Å². The zero-order valence-corrected chi connectivity index (χ0v) is 20.7. The molecule has 2 aromatic carbocycles. The van der Waals surface area contributed by atoms with E-state index in [0.29, 0.717) is 17.4 Å². The molecule has 2 heterocycles. The van der Waals surface area contributed by atoms with Gasteiger partial charge in [-0.15, -0.1) is 0 Å². The van der Waals surface area contributed by atoms with Crippen LogP contribution in [0.5, 0.6) is 0 Å². The second-order valence-corrected chi connectivity index (χ2v) is 10.6. The monoisotopic (exact) mass is 464 g/mol. The molecule has 1 aromatic heterocycles. The summed E-state index contributed by atoms with van der Waals surface area (Å²) < 4.78 is 1.99. The SMILES string of the molecule is CC(C)c1ccc(NC(=O)[C@@H]2CC(c3ccn(C(C)(C)C)n3)[C@H](c3ccc(Cl)cc3)N2)cc1. The minimum Gasteiger partial charge on any atom is -0.325 e. The Balaban J connectivity index is 1.57. The van der Waals surface area contributed by atoms with Gasteiger partial charge in [-0.1, -0.05) is 49.7 Å². The van der Waals surface area contributed by atoms with Gasteiger partial charge in [0, 0.05) is 28.9 Å². The molecule has 1 unspecified atom stereocenters. The molecule has 1 amide bonds. The predicted octanol–water partition coefficient (Wildman–Crippen LogP) is 6.24. The molecule has 1 fully saturated rings. The van der Waals surface area contributed by atoms with E-state index in [0.717, 1.165) is 16.9 Å². The fourth-order valence-electron chi connectivity index (χ4n) is 4.35. The maximum absolute atomic E-state index is 13.2. The van der Waals surface area contributed by atoms with Crippen molar-refractivity contribution in [2.45, 2.75) is 70.5 Å². The van der Waals surface area contributed by atoms with Gasteiger partial charge in [0.1, 0.15) is 0 Å². The molecule has 0 saturated carbocycles. The largest absolute Gasteiger partial charge is 0.325 e. The lowest BCUT2D eigenvalue weighted by molar-refractivity contribution is -0.117. The molecule has 1 aliphatic rings. The highest BCUT2D eigenvalue weighted by Crippen LogP contribution is 2.40. The standard InChI is InChI=1S/C27H33ClN4O/c1-17(2)18-8-12-21(13-9-18)29-26(33)24-16-22(23-14-15-32(31-23)27(3,4)5)25(30-24)19-6-10-20(28)11-7-19/h6-15,17,22,24-25,30H,16H2,1-5H3,(H,29,33)/t22?,24-,25-/m0/s1. The van der Waals surface area contributed by atoms with E-state index >= 15 is 0 Å². The van der Waals surface area contributed by atoms with Gasteiger partial charge in [-0.3, -0.25) is 14.8 Å². The van der Waals surface area contributed by atoms with Crippen molar-refractivity contribution in [2.24, 2.45) is 0 Å². The lowest BCUT2D eigenvalue weighted by Crippen LogP contribution is -2.36. The normalized spacial score (nSPS) is 20.9. The van der Waals surface area contributed by atoms with Crippen molar-refractivity contribution in [1.29, 1.82) is 0 Å². The second-order valence-electron chi connectivity index (χ2n) is 10.2. The third-order valence-electron chi connectivity index (χ3n) is 6.34. The average Bonchev–Trinajstić information content (AvgIpc) is 3.42. The number of halogens is 1. The van der Waals surface area contributed by atoms with Crippen LogP contribution in [0.15, 0.2) is 60.8 Å². The van der Waals surface area contributed by atoms with Gasteiger partial charge in [-0.2, -0.15) is 5.10 Å². The quantitative estimate of drug-likeness (QED) is 0.469. The van der Waals surface area contributed by atoms with E-state index in [-0.39, 0.29) is 29.4 Å². The number of anilines is 1. The molecule has 0 aliphatic carbocycles. The number of aromatic nitrogens is 2. The van der Waals surface area contributed by atoms with Gasteiger partial charge in [0.05, 0.1) is 17.3 Å². The Morgan fingerprint density at radius 2 is 1.76 bits per heavy atom. The van der Waals surface area contributed by atoms with Gasteiger partial charge in [-0.05, 0) is 74.6 Å². The number of nitrogens with zero attached hydrogens (tertiary/aromatic N) is 2. The maximum atomic E-state index is 13.2. The molecule has 0 bridgehead atoms. The number of amides is 1. The van der Waals surface area contributed by atoms with Gasteiger partial charge < -0.3 is 5.32 Å². The zero-order chi connectivity index (χ0) is 23.8. The smallest absolute Gasteiger partial charge is 0.241 e. The minimum absolute atomic E-state index is 0.0235. The van der Waals surface area contributed by atoms with Gasteiger partial charge >= 0.3 is 0 Å². The van der Waals surface area contributed by atoms with Crippen molar-refractivity contribution in [2.75, 3.05) is 5.32 Å². The van der Waals surface area contributed by atoms with Crippen molar-refractivity contribution < 1.29 is 4.79 Å². The summed E-state index contributed by atoms with van der Waals surface area (Å²) in [4.78, 5) is 13.2. The molecule has 3 atom stereocenters. The van der Waals surface area contributed by atoms with Crippen molar-refractivity contribution in [3.63, 3.8) is 0 Å². The van der Waals surface area contributed by atoms with Crippen molar-refractivity contribution >= 4 is 23.2 Å². The number of rotatable bonds is 5. The summed E-state index contributed by atoms with van der Waals surface area (Å²) >= 11 is 6.12. The molecule has 6 heteroatoms. The van der Waals surface area contributed by atoms with Crippen LogP contribution in [-0.2, 0) is 10.3 Å². The van der Waals surface area contributed by atoms with E-state index in [4.69, 9.17) is 16.7 Å². The van der Waals surface area contributed by atoms with Crippen LogP contribution < -0.4 is 10.6 Å². The Morgan fingerprint density at radius 1 is 1.09 bits per heavy atom. The van der Waals surface area contributed by atoms with Gasteiger partial charge in [0.15, 0.2) is 0 Å². The molecule has 2 N–H and O–H groups in total. The van der Waals surface area contributed by atoms with E-state index in [2.05, 4.69) is 63.5 Å². The Morgan fingerprint density at radius 3 is 2.33 bits per heavy atom.